The van der Waals surface area contributed by atoms with Gasteiger partial charge in [-0.2, -0.15) is 0 Å². The number of rotatable bonds is 8. The van der Waals surface area contributed by atoms with Crippen LogP contribution < -0.4 is 20.7 Å². The molecule has 0 radical (unpaired) electrons. The van der Waals surface area contributed by atoms with Crippen LogP contribution in [0, 0.1) is 0 Å². The fraction of sp³-hybridized carbons (Fsp3) is 0.158. The Labute approximate surface area is 169 Å². The lowest BCUT2D eigenvalue weighted by atomic mass is 10.2. The first-order valence-corrected chi connectivity index (χ1v) is 10.1. The maximum Gasteiger partial charge on any atom is 0.332 e. The zero-order chi connectivity index (χ0) is 21.7. The molecule has 2 N–H and O–H groups in total. The van der Waals surface area contributed by atoms with Crippen molar-refractivity contribution in [2.45, 2.75) is 17.9 Å². The van der Waals surface area contributed by atoms with Gasteiger partial charge >= 0.3 is 5.69 Å². The minimum atomic E-state index is -3.94. The molecule has 8 nitrogen and oxygen atoms in total. The average Bonchev–Trinajstić information content (AvgIpc) is 2.71. The molecule has 11 heteroatoms. The molecule has 0 bridgehead atoms. The molecule has 0 spiro atoms. The van der Waals surface area contributed by atoms with Gasteiger partial charge in [0.25, 0.3) is 12.0 Å². The van der Waals surface area contributed by atoms with Crippen LogP contribution in [0.25, 0.3) is 5.69 Å². The van der Waals surface area contributed by atoms with Crippen molar-refractivity contribution in [3.63, 3.8) is 0 Å². The van der Waals surface area contributed by atoms with Gasteiger partial charge in [0.05, 0.1) is 10.6 Å². The summed E-state index contributed by atoms with van der Waals surface area (Å²) in [6, 6.07) is 12.9. The van der Waals surface area contributed by atoms with Gasteiger partial charge in [-0.1, -0.05) is 18.2 Å². The van der Waals surface area contributed by atoms with E-state index in [2.05, 4.69) is 9.71 Å². The number of alkyl halides is 2. The summed E-state index contributed by atoms with van der Waals surface area (Å²) in [5.74, 6) is 0.0117. The fourth-order valence-electron chi connectivity index (χ4n) is 2.59. The van der Waals surface area contributed by atoms with Crippen LogP contribution in [-0.2, 0) is 16.6 Å². The van der Waals surface area contributed by atoms with Crippen LogP contribution >= 0.6 is 0 Å². The van der Waals surface area contributed by atoms with Gasteiger partial charge in [0.1, 0.15) is 12.4 Å². The molecule has 0 amide bonds. The minimum absolute atomic E-state index is 0.0117. The van der Waals surface area contributed by atoms with Crippen molar-refractivity contribution in [2.75, 3.05) is 6.61 Å². The summed E-state index contributed by atoms with van der Waals surface area (Å²) in [5, 5.41) is 0. The summed E-state index contributed by atoms with van der Waals surface area (Å²) in [5.41, 5.74) is -0.157. The van der Waals surface area contributed by atoms with Crippen LogP contribution in [0.4, 0.5) is 8.78 Å². The van der Waals surface area contributed by atoms with Gasteiger partial charge in [-0.25, -0.2) is 26.7 Å². The molecule has 0 aliphatic carbocycles. The Bertz CT molecular complexity index is 1260. The Kier molecular flexibility index (Phi) is 6.43. The number of aromatic amines is 1. The minimum Gasteiger partial charge on any atom is -0.488 e. The Morgan fingerprint density at radius 2 is 1.83 bits per heavy atom. The number of hydrogen-bond donors (Lipinski definition) is 2. The molecule has 0 atom stereocenters. The zero-order valence-corrected chi connectivity index (χ0v) is 16.2. The number of H-pyrrole nitrogens is 1. The largest absolute Gasteiger partial charge is 0.488 e. The number of nitrogens with one attached hydrogen (secondary N) is 2. The van der Waals surface area contributed by atoms with Crippen molar-refractivity contribution >= 4 is 10.0 Å². The van der Waals surface area contributed by atoms with Crippen molar-refractivity contribution in [1.29, 1.82) is 0 Å². The van der Waals surface area contributed by atoms with Crippen molar-refractivity contribution in [3.05, 3.63) is 87.2 Å². The SMILES string of the molecule is O=c1ccn(-c2cccc(CNS(=O)(=O)c3cccc(OCC(F)F)c3)c2)c(=O)[nH]1. The summed E-state index contributed by atoms with van der Waals surface area (Å²) >= 11 is 0. The lowest BCUT2D eigenvalue weighted by Gasteiger charge is -2.11. The third kappa shape index (κ3) is 5.39. The number of benzene rings is 2. The highest BCUT2D eigenvalue weighted by molar-refractivity contribution is 7.89. The van der Waals surface area contributed by atoms with E-state index in [4.69, 9.17) is 4.74 Å². The van der Waals surface area contributed by atoms with Gasteiger partial charge in [0.2, 0.25) is 10.0 Å². The number of ether oxygens (including phenoxy) is 1. The average molecular weight is 437 g/mol. The highest BCUT2D eigenvalue weighted by Gasteiger charge is 2.15. The second-order valence-electron chi connectivity index (χ2n) is 6.15. The maximum absolute atomic E-state index is 12.5. The highest BCUT2D eigenvalue weighted by atomic mass is 32.2. The first-order chi connectivity index (χ1) is 14.2. The summed E-state index contributed by atoms with van der Waals surface area (Å²) in [7, 11) is -3.94. The Balaban J connectivity index is 1.76. The molecule has 0 aliphatic heterocycles. The summed E-state index contributed by atoms with van der Waals surface area (Å²) in [6.45, 7) is -0.926. The molecule has 0 unspecified atom stereocenters. The van der Waals surface area contributed by atoms with Gasteiger partial charge in [-0.15, -0.1) is 0 Å². The van der Waals surface area contributed by atoms with Gasteiger partial charge in [-0.3, -0.25) is 14.3 Å². The summed E-state index contributed by atoms with van der Waals surface area (Å²) in [4.78, 5) is 25.1. The Hall–Kier alpha value is -3.31. The monoisotopic (exact) mass is 437 g/mol. The van der Waals surface area contributed by atoms with Crippen molar-refractivity contribution in [2.24, 2.45) is 0 Å². The van der Waals surface area contributed by atoms with E-state index in [0.29, 0.717) is 11.3 Å². The van der Waals surface area contributed by atoms with E-state index < -0.39 is 34.3 Å². The summed E-state index contributed by atoms with van der Waals surface area (Å²) in [6.07, 6.45) is -1.36. The number of sulfonamides is 1. The van der Waals surface area contributed by atoms with Crippen LogP contribution in [0.15, 0.2) is 75.3 Å². The first-order valence-electron chi connectivity index (χ1n) is 8.66. The number of halogens is 2. The third-order valence-electron chi connectivity index (χ3n) is 3.97. The summed E-state index contributed by atoms with van der Waals surface area (Å²) < 4.78 is 58.1. The van der Waals surface area contributed by atoms with Gasteiger partial charge in [0.15, 0.2) is 0 Å². The van der Waals surface area contributed by atoms with Gasteiger partial charge in [-0.05, 0) is 29.8 Å². The Morgan fingerprint density at radius 3 is 2.57 bits per heavy atom. The van der Waals surface area contributed by atoms with Crippen molar-refractivity contribution < 1.29 is 21.9 Å². The van der Waals surface area contributed by atoms with E-state index in [0.717, 1.165) is 6.07 Å². The van der Waals surface area contributed by atoms with Crippen LogP contribution in [0.2, 0.25) is 0 Å². The molecule has 158 valence electrons. The second kappa shape index (κ2) is 9.01. The Morgan fingerprint density at radius 1 is 1.07 bits per heavy atom. The quantitative estimate of drug-likeness (QED) is 0.557. The molecular weight excluding hydrogens is 420 g/mol. The lowest BCUT2D eigenvalue weighted by molar-refractivity contribution is 0.0818. The molecule has 3 rings (SSSR count). The zero-order valence-electron chi connectivity index (χ0n) is 15.4. The van der Waals surface area contributed by atoms with E-state index in [1.165, 1.54) is 35.0 Å². The molecule has 0 fully saturated rings. The van der Waals surface area contributed by atoms with Crippen molar-refractivity contribution in [3.8, 4) is 11.4 Å². The van der Waals surface area contributed by atoms with E-state index in [9.17, 15) is 26.8 Å². The molecule has 0 aliphatic rings. The predicted molar refractivity (Wildman–Crippen MR) is 105 cm³/mol. The number of hydrogen-bond acceptors (Lipinski definition) is 5. The molecular formula is C19H17F2N3O5S. The third-order valence-corrected chi connectivity index (χ3v) is 5.37. The molecule has 3 aromatic rings. The topological polar surface area (TPSA) is 110 Å². The van der Waals surface area contributed by atoms with Gasteiger partial charge < -0.3 is 4.74 Å². The molecule has 0 saturated carbocycles. The molecule has 2 aromatic carbocycles. The van der Waals surface area contributed by atoms with Crippen LogP contribution in [0.1, 0.15) is 5.56 Å². The second-order valence-corrected chi connectivity index (χ2v) is 7.92. The highest BCUT2D eigenvalue weighted by Crippen LogP contribution is 2.18. The number of aromatic nitrogens is 2. The van der Waals surface area contributed by atoms with E-state index in [-0.39, 0.29) is 17.2 Å². The standard InChI is InChI=1S/C19H17F2N3O5S/c20-17(21)12-29-15-5-2-6-16(10-15)30(27,28)22-11-13-3-1-4-14(9-13)24-8-7-18(25)23-19(24)26/h1-10,17,22H,11-12H2,(H,23,25,26). The predicted octanol–water partition coefficient (Wildman–Crippen LogP) is 1.65. The smallest absolute Gasteiger partial charge is 0.332 e. The van der Waals surface area contributed by atoms with Crippen LogP contribution in [-0.4, -0.2) is 31.0 Å². The fourth-order valence-corrected chi connectivity index (χ4v) is 3.64. The van der Waals surface area contributed by atoms with E-state index >= 15 is 0 Å². The number of nitrogens with zero attached hydrogens (tertiary/aromatic N) is 1. The van der Waals surface area contributed by atoms with Gasteiger partial charge in [0, 0.05) is 24.9 Å². The first kappa shape index (κ1) is 21.4. The normalized spacial score (nSPS) is 11.6. The lowest BCUT2D eigenvalue weighted by Crippen LogP contribution is -2.27. The van der Waals surface area contributed by atoms with Crippen LogP contribution in [0.5, 0.6) is 5.75 Å². The van der Waals surface area contributed by atoms with Crippen molar-refractivity contribution in [1.82, 2.24) is 14.3 Å². The molecule has 1 aromatic heterocycles. The van der Waals surface area contributed by atoms with E-state index in [1.807, 2.05) is 0 Å². The van der Waals surface area contributed by atoms with E-state index in [1.54, 1.807) is 24.3 Å². The molecule has 1 heterocycles. The molecule has 0 saturated heterocycles. The molecule has 30 heavy (non-hydrogen) atoms. The maximum atomic E-state index is 12.5. The van der Waals surface area contributed by atoms with Crippen LogP contribution in [0.3, 0.4) is 0 Å².